The molecule has 30 heavy (non-hydrogen) atoms. The average Bonchev–Trinajstić information content (AvgIpc) is 3.53. The van der Waals surface area contributed by atoms with Gasteiger partial charge in [0, 0.05) is 5.92 Å². The third-order valence-corrected chi connectivity index (χ3v) is 5.35. The van der Waals surface area contributed by atoms with E-state index in [1.54, 1.807) is 0 Å². The Kier molecular flexibility index (Phi) is 5.20. The zero-order chi connectivity index (χ0) is 21.3. The largest absolute Gasteiger partial charge is 0.416 e. The molecule has 2 atom stereocenters. The molecule has 3 aromatic rings. The average molecular weight is 412 g/mol. The molecular weight excluding hydrogens is 393 g/mol. The van der Waals surface area contributed by atoms with Crippen LogP contribution in [0.15, 0.2) is 66.7 Å². The molecule has 0 radical (unpaired) electrons. The number of fused-ring (bicyclic) bond motifs is 1. The second kappa shape index (κ2) is 7.82. The lowest BCUT2D eigenvalue weighted by Crippen LogP contribution is -2.43. The molecule has 2 amide bonds. The Balaban J connectivity index is 1.30. The first kappa shape index (κ1) is 19.9. The SMILES string of the molecule is O=C(Cc1cccc2ccccc12)NNC(=O)C1CC1c1ccc(C(F)(F)F)cc1. The molecule has 7 heteroatoms. The van der Waals surface area contributed by atoms with Crippen LogP contribution < -0.4 is 10.9 Å². The molecule has 0 saturated heterocycles. The Labute approximate surface area is 171 Å². The van der Waals surface area contributed by atoms with Gasteiger partial charge >= 0.3 is 6.18 Å². The van der Waals surface area contributed by atoms with Crippen LogP contribution in [-0.2, 0) is 22.2 Å². The van der Waals surface area contributed by atoms with Crippen LogP contribution in [0, 0.1) is 5.92 Å². The van der Waals surface area contributed by atoms with Gasteiger partial charge < -0.3 is 0 Å². The molecular formula is C23H19F3N2O2. The summed E-state index contributed by atoms with van der Waals surface area (Å²) in [5, 5.41) is 2.01. The number of benzene rings is 3. The minimum Gasteiger partial charge on any atom is -0.273 e. The first-order chi connectivity index (χ1) is 14.3. The van der Waals surface area contributed by atoms with Crippen LogP contribution >= 0.6 is 0 Å². The molecule has 1 fully saturated rings. The van der Waals surface area contributed by atoms with Gasteiger partial charge in [0.2, 0.25) is 11.8 Å². The van der Waals surface area contributed by atoms with E-state index >= 15 is 0 Å². The number of nitrogens with one attached hydrogen (secondary N) is 2. The van der Waals surface area contributed by atoms with E-state index in [1.807, 2.05) is 42.5 Å². The number of carbonyl (C=O) groups excluding carboxylic acids is 2. The highest BCUT2D eigenvalue weighted by atomic mass is 19.4. The summed E-state index contributed by atoms with van der Waals surface area (Å²) in [4.78, 5) is 24.5. The van der Waals surface area contributed by atoms with Gasteiger partial charge in [-0.3, -0.25) is 20.4 Å². The summed E-state index contributed by atoms with van der Waals surface area (Å²) >= 11 is 0. The van der Waals surface area contributed by atoms with Gasteiger partial charge in [-0.15, -0.1) is 0 Å². The van der Waals surface area contributed by atoms with E-state index in [1.165, 1.54) is 12.1 Å². The van der Waals surface area contributed by atoms with Crippen LogP contribution in [0.25, 0.3) is 10.8 Å². The van der Waals surface area contributed by atoms with E-state index < -0.39 is 11.7 Å². The fraction of sp³-hybridized carbons (Fsp3) is 0.217. The Bertz CT molecular complexity index is 1090. The zero-order valence-corrected chi connectivity index (χ0v) is 15.9. The summed E-state index contributed by atoms with van der Waals surface area (Å²) in [5.74, 6) is -1.18. The van der Waals surface area contributed by atoms with Crippen LogP contribution in [0.2, 0.25) is 0 Å². The quantitative estimate of drug-likeness (QED) is 0.626. The number of amides is 2. The minimum atomic E-state index is -4.38. The zero-order valence-electron chi connectivity index (χ0n) is 15.9. The van der Waals surface area contributed by atoms with Crippen LogP contribution in [0.3, 0.4) is 0 Å². The molecule has 0 aliphatic heterocycles. The summed E-state index contributed by atoms with van der Waals surface area (Å²) in [5.41, 5.74) is 5.69. The first-order valence-electron chi connectivity index (χ1n) is 9.55. The van der Waals surface area contributed by atoms with E-state index in [-0.39, 0.29) is 30.1 Å². The van der Waals surface area contributed by atoms with E-state index in [2.05, 4.69) is 10.9 Å². The van der Waals surface area contributed by atoms with E-state index in [0.717, 1.165) is 28.5 Å². The van der Waals surface area contributed by atoms with E-state index in [4.69, 9.17) is 0 Å². The molecule has 1 aliphatic carbocycles. The summed E-state index contributed by atoms with van der Waals surface area (Å²) < 4.78 is 38.0. The maximum Gasteiger partial charge on any atom is 0.416 e. The predicted molar refractivity (Wildman–Crippen MR) is 106 cm³/mol. The third-order valence-electron chi connectivity index (χ3n) is 5.35. The van der Waals surface area contributed by atoms with Crippen molar-refractivity contribution in [1.29, 1.82) is 0 Å². The molecule has 1 aliphatic rings. The maximum absolute atomic E-state index is 12.7. The molecule has 3 aromatic carbocycles. The monoisotopic (exact) mass is 412 g/mol. The van der Waals surface area contributed by atoms with Crippen LogP contribution in [0.4, 0.5) is 13.2 Å². The van der Waals surface area contributed by atoms with Gasteiger partial charge in [-0.2, -0.15) is 13.2 Å². The number of hydrogen-bond acceptors (Lipinski definition) is 2. The van der Waals surface area contributed by atoms with Gasteiger partial charge in [-0.25, -0.2) is 0 Å². The Morgan fingerprint density at radius 1 is 0.900 bits per heavy atom. The second-order valence-electron chi connectivity index (χ2n) is 7.42. The predicted octanol–water partition coefficient (Wildman–Crippen LogP) is 4.35. The highest BCUT2D eigenvalue weighted by Crippen LogP contribution is 2.47. The molecule has 2 N–H and O–H groups in total. The number of hydrogen-bond donors (Lipinski definition) is 2. The summed E-state index contributed by atoms with van der Waals surface area (Å²) in [6.07, 6.45) is -3.72. The lowest BCUT2D eigenvalue weighted by atomic mass is 10.0. The second-order valence-corrected chi connectivity index (χ2v) is 7.42. The molecule has 154 valence electrons. The van der Waals surface area contributed by atoms with Crippen LogP contribution in [0.1, 0.15) is 29.0 Å². The van der Waals surface area contributed by atoms with Gasteiger partial charge in [0.1, 0.15) is 0 Å². The van der Waals surface area contributed by atoms with Crippen molar-refractivity contribution >= 4 is 22.6 Å². The van der Waals surface area contributed by atoms with Crippen molar-refractivity contribution in [3.8, 4) is 0 Å². The standard InChI is InChI=1S/C23H19F3N2O2/c24-23(25,26)17-10-8-15(9-11-17)19-13-20(19)22(30)28-27-21(29)12-16-6-3-5-14-4-1-2-7-18(14)16/h1-11,19-20H,12-13H2,(H,27,29)(H,28,30). The number of alkyl halides is 3. The molecule has 4 nitrogen and oxygen atoms in total. The first-order valence-corrected chi connectivity index (χ1v) is 9.55. The third kappa shape index (κ3) is 4.30. The highest BCUT2D eigenvalue weighted by molar-refractivity contribution is 5.91. The summed E-state index contributed by atoms with van der Waals surface area (Å²) in [6, 6.07) is 18.3. The van der Waals surface area contributed by atoms with Crippen LogP contribution in [-0.4, -0.2) is 11.8 Å². The summed E-state index contributed by atoms with van der Waals surface area (Å²) in [6.45, 7) is 0. The van der Waals surface area contributed by atoms with Crippen molar-refractivity contribution in [2.24, 2.45) is 5.92 Å². The van der Waals surface area contributed by atoms with Gasteiger partial charge in [0.25, 0.3) is 0 Å². The molecule has 2 unspecified atom stereocenters. The van der Waals surface area contributed by atoms with Crippen molar-refractivity contribution in [3.63, 3.8) is 0 Å². The molecule has 1 saturated carbocycles. The van der Waals surface area contributed by atoms with Crippen molar-refractivity contribution < 1.29 is 22.8 Å². The number of rotatable bonds is 4. The Morgan fingerprint density at radius 2 is 1.60 bits per heavy atom. The van der Waals surface area contributed by atoms with Crippen molar-refractivity contribution in [2.75, 3.05) is 0 Å². The normalized spacial score (nSPS) is 18.1. The molecule has 0 bridgehead atoms. The van der Waals surface area contributed by atoms with E-state index in [9.17, 15) is 22.8 Å². The topological polar surface area (TPSA) is 58.2 Å². The molecule has 0 heterocycles. The lowest BCUT2D eigenvalue weighted by molar-refractivity contribution is -0.137. The van der Waals surface area contributed by atoms with Gasteiger partial charge in [-0.05, 0) is 46.4 Å². The van der Waals surface area contributed by atoms with Gasteiger partial charge in [0.05, 0.1) is 12.0 Å². The van der Waals surface area contributed by atoms with E-state index in [0.29, 0.717) is 12.0 Å². The number of carbonyl (C=O) groups is 2. The van der Waals surface area contributed by atoms with Gasteiger partial charge in [-0.1, -0.05) is 54.6 Å². The van der Waals surface area contributed by atoms with Crippen molar-refractivity contribution in [1.82, 2.24) is 10.9 Å². The fourth-order valence-electron chi connectivity index (χ4n) is 3.66. The highest BCUT2D eigenvalue weighted by Gasteiger charge is 2.44. The number of halogens is 3. The Morgan fingerprint density at radius 3 is 2.33 bits per heavy atom. The van der Waals surface area contributed by atoms with Gasteiger partial charge in [0.15, 0.2) is 0 Å². The fourth-order valence-corrected chi connectivity index (χ4v) is 3.66. The minimum absolute atomic E-state index is 0.120. The number of hydrazine groups is 1. The summed E-state index contributed by atoms with van der Waals surface area (Å²) in [7, 11) is 0. The Hall–Kier alpha value is -3.35. The van der Waals surface area contributed by atoms with Crippen LogP contribution in [0.5, 0.6) is 0 Å². The smallest absolute Gasteiger partial charge is 0.273 e. The van der Waals surface area contributed by atoms with Crippen molar-refractivity contribution in [2.45, 2.75) is 24.9 Å². The molecule has 4 rings (SSSR count). The molecule has 0 spiro atoms. The lowest BCUT2D eigenvalue weighted by Gasteiger charge is -2.10. The maximum atomic E-state index is 12.7. The van der Waals surface area contributed by atoms with Crippen molar-refractivity contribution in [3.05, 3.63) is 83.4 Å². The molecule has 0 aromatic heterocycles.